The Hall–Kier alpha value is -0.0800. The molecule has 2 aliphatic rings. The van der Waals surface area contributed by atoms with Gasteiger partial charge in [0.15, 0.2) is 5.96 Å². The average Bonchev–Trinajstić information content (AvgIpc) is 3.36. The molecule has 2 fully saturated rings. The number of likely N-dealkylation sites (tertiary alicyclic amines) is 1. The van der Waals surface area contributed by atoms with Crippen LogP contribution in [-0.2, 0) is 4.74 Å². The number of nitrogens with zero attached hydrogens (tertiary/aromatic N) is 2. The van der Waals surface area contributed by atoms with Crippen LogP contribution in [-0.4, -0.2) is 63.3 Å². The molecule has 136 valence electrons. The molecule has 0 aromatic heterocycles. The van der Waals surface area contributed by atoms with Crippen molar-refractivity contribution in [3.8, 4) is 0 Å². The summed E-state index contributed by atoms with van der Waals surface area (Å²) in [6.07, 6.45) is 7.85. The fourth-order valence-corrected chi connectivity index (χ4v) is 2.75. The molecule has 0 radical (unpaired) electrons. The van der Waals surface area contributed by atoms with Crippen LogP contribution < -0.4 is 10.6 Å². The third-order valence-electron chi connectivity index (χ3n) is 4.28. The van der Waals surface area contributed by atoms with Crippen LogP contribution in [0, 0.1) is 5.92 Å². The maximum atomic E-state index is 5.64. The van der Waals surface area contributed by atoms with Gasteiger partial charge in [-0.15, -0.1) is 24.0 Å². The summed E-state index contributed by atoms with van der Waals surface area (Å²) in [6, 6.07) is 0. The molecule has 23 heavy (non-hydrogen) atoms. The van der Waals surface area contributed by atoms with Gasteiger partial charge < -0.3 is 20.3 Å². The van der Waals surface area contributed by atoms with Gasteiger partial charge in [0.2, 0.25) is 0 Å². The number of hydrogen-bond acceptors (Lipinski definition) is 3. The van der Waals surface area contributed by atoms with E-state index in [1.54, 1.807) is 0 Å². The molecule has 0 atom stereocenters. The molecule has 5 nitrogen and oxygen atoms in total. The van der Waals surface area contributed by atoms with Crippen LogP contribution in [0.15, 0.2) is 4.99 Å². The first-order chi connectivity index (χ1) is 10.9. The lowest BCUT2D eigenvalue weighted by molar-refractivity contribution is 0.123. The smallest absolute Gasteiger partial charge is 0.191 e. The molecule has 0 unspecified atom stereocenters. The minimum absolute atomic E-state index is 0. The van der Waals surface area contributed by atoms with Gasteiger partial charge in [-0.05, 0) is 58.0 Å². The van der Waals surface area contributed by atoms with E-state index in [1.165, 1.54) is 45.2 Å². The molecular weight excluding hydrogens is 403 g/mol. The highest BCUT2D eigenvalue weighted by Crippen LogP contribution is 2.28. The van der Waals surface area contributed by atoms with E-state index in [9.17, 15) is 0 Å². The van der Waals surface area contributed by atoms with Crippen molar-refractivity contribution in [2.24, 2.45) is 10.9 Å². The van der Waals surface area contributed by atoms with E-state index >= 15 is 0 Å². The van der Waals surface area contributed by atoms with Gasteiger partial charge in [-0.3, -0.25) is 4.99 Å². The number of ether oxygens (including phenoxy) is 1. The fraction of sp³-hybridized carbons (Fsp3) is 0.941. The molecular formula is C17H35IN4O. The second-order valence-corrected chi connectivity index (χ2v) is 6.46. The van der Waals surface area contributed by atoms with Gasteiger partial charge >= 0.3 is 0 Å². The van der Waals surface area contributed by atoms with E-state index in [0.717, 1.165) is 57.7 Å². The fourth-order valence-electron chi connectivity index (χ4n) is 2.75. The summed E-state index contributed by atoms with van der Waals surface area (Å²) in [6.45, 7) is 10.3. The Balaban J connectivity index is 0.00000264. The molecule has 6 heteroatoms. The first-order valence-electron chi connectivity index (χ1n) is 9.20. The van der Waals surface area contributed by atoms with Gasteiger partial charge in [0.25, 0.3) is 0 Å². The van der Waals surface area contributed by atoms with E-state index in [-0.39, 0.29) is 24.0 Å². The van der Waals surface area contributed by atoms with Crippen molar-refractivity contribution in [2.45, 2.75) is 45.4 Å². The van der Waals surface area contributed by atoms with Crippen LogP contribution in [0.1, 0.15) is 45.4 Å². The summed E-state index contributed by atoms with van der Waals surface area (Å²) in [7, 11) is 0. The average molecular weight is 438 g/mol. The van der Waals surface area contributed by atoms with Gasteiger partial charge in [0.05, 0.1) is 0 Å². The quantitative estimate of drug-likeness (QED) is 0.238. The standard InChI is InChI=1S/C17H34N4O.HI/c1-2-18-17(19-9-6-14-22-15-16-7-8-16)20-10-13-21-11-4-3-5-12-21;/h16H,2-15H2,1H3,(H2,18,19,20);1H. The highest BCUT2D eigenvalue weighted by Gasteiger charge is 2.20. The minimum atomic E-state index is 0. The van der Waals surface area contributed by atoms with E-state index in [0.29, 0.717) is 0 Å². The van der Waals surface area contributed by atoms with E-state index < -0.39 is 0 Å². The van der Waals surface area contributed by atoms with Crippen molar-refractivity contribution in [1.82, 2.24) is 15.5 Å². The second kappa shape index (κ2) is 13.2. The summed E-state index contributed by atoms with van der Waals surface area (Å²) in [4.78, 5) is 7.17. The largest absolute Gasteiger partial charge is 0.381 e. The van der Waals surface area contributed by atoms with E-state index in [2.05, 4.69) is 27.4 Å². The minimum Gasteiger partial charge on any atom is -0.381 e. The van der Waals surface area contributed by atoms with E-state index in [4.69, 9.17) is 4.74 Å². The zero-order chi connectivity index (χ0) is 15.5. The molecule has 1 aliphatic heterocycles. The molecule has 1 aliphatic carbocycles. The highest BCUT2D eigenvalue weighted by atomic mass is 127. The lowest BCUT2D eigenvalue weighted by atomic mass is 10.1. The van der Waals surface area contributed by atoms with Crippen molar-refractivity contribution in [3.05, 3.63) is 0 Å². The third kappa shape index (κ3) is 10.4. The number of nitrogens with one attached hydrogen (secondary N) is 2. The molecule has 0 spiro atoms. The van der Waals surface area contributed by atoms with Crippen molar-refractivity contribution in [2.75, 3.05) is 52.5 Å². The predicted octanol–water partition coefficient (Wildman–Crippen LogP) is 2.46. The van der Waals surface area contributed by atoms with Crippen molar-refractivity contribution in [1.29, 1.82) is 0 Å². The zero-order valence-electron chi connectivity index (χ0n) is 14.7. The van der Waals surface area contributed by atoms with Crippen molar-refractivity contribution in [3.63, 3.8) is 0 Å². The number of guanidine groups is 1. The monoisotopic (exact) mass is 438 g/mol. The normalized spacial score (nSPS) is 19.3. The third-order valence-corrected chi connectivity index (χ3v) is 4.28. The summed E-state index contributed by atoms with van der Waals surface area (Å²) in [5.74, 6) is 1.80. The maximum absolute atomic E-state index is 5.64. The molecule has 1 heterocycles. The Kier molecular flexibility index (Phi) is 12.1. The molecule has 0 amide bonds. The Morgan fingerprint density at radius 2 is 1.96 bits per heavy atom. The Labute approximate surface area is 159 Å². The zero-order valence-corrected chi connectivity index (χ0v) is 17.0. The molecule has 1 saturated heterocycles. The van der Waals surface area contributed by atoms with Crippen LogP contribution in [0.5, 0.6) is 0 Å². The van der Waals surface area contributed by atoms with Gasteiger partial charge in [-0.25, -0.2) is 0 Å². The Bertz CT molecular complexity index is 318. The van der Waals surface area contributed by atoms with Crippen LogP contribution in [0.4, 0.5) is 0 Å². The molecule has 1 saturated carbocycles. The summed E-state index contributed by atoms with van der Waals surface area (Å²) >= 11 is 0. The van der Waals surface area contributed by atoms with Crippen LogP contribution in [0.25, 0.3) is 0 Å². The van der Waals surface area contributed by atoms with E-state index in [1.807, 2.05) is 0 Å². The van der Waals surface area contributed by atoms with Crippen molar-refractivity contribution < 1.29 is 4.74 Å². The number of piperidine rings is 1. The molecule has 2 N–H and O–H groups in total. The van der Waals surface area contributed by atoms with Crippen LogP contribution in [0.3, 0.4) is 0 Å². The second-order valence-electron chi connectivity index (χ2n) is 6.46. The van der Waals surface area contributed by atoms with Crippen LogP contribution >= 0.6 is 24.0 Å². The predicted molar refractivity (Wildman–Crippen MR) is 108 cm³/mol. The lowest BCUT2D eigenvalue weighted by Gasteiger charge is -2.26. The number of aliphatic imine (C=N–C) groups is 1. The number of hydrogen-bond donors (Lipinski definition) is 2. The van der Waals surface area contributed by atoms with Crippen LogP contribution in [0.2, 0.25) is 0 Å². The maximum Gasteiger partial charge on any atom is 0.191 e. The summed E-state index contributed by atoms with van der Waals surface area (Å²) in [5.41, 5.74) is 0. The molecule has 0 bridgehead atoms. The molecule has 0 aromatic carbocycles. The first kappa shape index (κ1) is 21.0. The highest BCUT2D eigenvalue weighted by molar-refractivity contribution is 14.0. The molecule has 0 aromatic rings. The number of rotatable bonds is 10. The van der Waals surface area contributed by atoms with Gasteiger partial charge in [-0.2, -0.15) is 0 Å². The Morgan fingerprint density at radius 1 is 1.17 bits per heavy atom. The molecule has 2 rings (SSSR count). The first-order valence-corrected chi connectivity index (χ1v) is 9.20. The number of halogens is 1. The summed E-state index contributed by atoms with van der Waals surface area (Å²) < 4.78 is 5.64. The van der Waals surface area contributed by atoms with Gasteiger partial charge in [0, 0.05) is 39.4 Å². The summed E-state index contributed by atoms with van der Waals surface area (Å²) in [5, 5.41) is 6.76. The van der Waals surface area contributed by atoms with Gasteiger partial charge in [-0.1, -0.05) is 6.42 Å². The lowest BCUT2D eigenvalue weighted by Crippen LogP contribution is -2.42. The van der Waals surface area contributed by atoms with Gasteiger partial charge in [0.1, 0.15) is 0 Å². The Morgan fingerprint density at radius 3 is 2.65 bits per heavy atom. The topological polar surface area (TPSA) is 48.9 Å². The van der Waals surface area contributed by atoms with Crippen molar-refractivity contribution >= 4 is 29.9 Å². The SMILES string of the molecule is CCNC(=NCCCOCC1CC1)NCCN1CCCCC1.I.